The van der Waals surface area contributed by atoms with Crippen molar-refractivity contribution in [3.63, 3.8) is 0 Å². The van der Waals surface area contributed by atoms with Crippen LogP contribution in [-0.4, -0.2) is 0 Å². The fourth-order valence-corrected chi connectivity index (χ4v) is 6.40. The minimum Gasteiger partial charge on any atom is -0.0654 e. The first-order valence-electron chi connectivity index (χ1n) is 13.2. The molecule has 0 radical (unpaired) electrons. The van der Waals surface area contributed by atoms with Crippen LogP contribution in [0.1, 0.15) is 98.9 Å². The van der Waals surface area contributed by atoms with Gasteiger partial charge in [-0.15, -0.1) is 0 Å². The minimum atomic E-state index is 0.464. The van der Waals surface area contributed by atoms with Crippen LogP contribution in [0.15, 0.2) is 65.1 Å². The quantitative estimate of drug-likeness (QED) is 0.228. The van der Waals surface area contributed by atoms with Crippen molar-refractivity contribution >= 4 is 15.9 Å². The van der Waals surface area contributed by atoms with Crippen LogP contribution in [0.3, 0.4) is 0 Å². The van der Waals surface area contributed by atoms with E-state index < -0.39 is 0 Å². The van der Waals surface area contributed by atoms with Gasteiger partial charge >= 0.3 is 0 Å². The van der Waals surface area contributed by atoms with Crippen molar-refractivity contribution in [3.05, 3.63) is 93.0 Å². The van der Waals surface area contributed by atoms with Crippen molar-refractivity contribution < 1.29 is 0 Å². The van der Waals surface area contributed by atoms with Crippen molar-refractivity contribution in [2.75, 3.05) is 0 Å². The van der Waals surface area contributed by atoms with Crippen molar-refractivity contribution in [2.24, 2.45) is 0 Å². The van der Waals surface area contributed by atoms with Gasteiger partial charge in [0.1, 0.15) is 0 Å². The van der Waals surface area contributed by atoms with Crippen LogP contribution in [0.2, 0.25) is 0 Å². The first kappa shape index (κ1) is 24.3. The molecule has 1 aliphatic carbocycles. The standard InChI is InChI=1S/C32H39Br/c1-3-5-6-7-8-9-10-19-29(26-17-13-11-15-24(26)4-2)32-30-21-20-25-16-12-14-18-27(25)28(30)22-23-31(32)33/h11-18,22-23,29H,3-10,19-21H2,1-2H3. The molecule has 1 heteroatoms. The monoisotopic (exact) mass is 502 g/mol. The lowest BCUT2D eigenvalue weighted by Gasteiger charge is -2.29. The largest absolute Gasteiger partial charge is 0.0654 e. The van der Waals surface area contributed by atoms with E-state index in [1.165, 1.54) is 78.1 Å². The van der Waals surface area contributed by atoms with E-state index in [-0.39, 0.29) is 0 Å². The van der Waals surface area contributed by atoms with Gasteiger partial charge in [-0.3, -0.25) is 0 Å². The first-order chi connectivity index (χ1) is 16.2. The molecule has 0 saturated heterocycles. The molecule has 3 aromatic carbocycles. The zero-order valence-corrected chi connectivity index (χ0v) is 22.1. The number of fused-ring (bicyclic) bond motifs is 3. The average molecular weight is 504 g/mol. The van der Waals surface area contributed by atoms with Gasteiger partial charge in [-0.1, -0.05) is 129 Å². The zero-order chi connectivity index (χ0) is 23.0. The lowest BCUT2D eigenvalue weighted by Crippen LogP contribution is -2.13. The van der Waals surface area contributed by atoms with E-state index in [0.29, 0.717) is 5.92 Å². The molecule has 0 N–H and O–H groups in total. The maximum atomic E-state index is 4.01. The molecule has 4 rings (SSSR count). The Balaban J connectivity index is 1.68. The molecule has 0 bridgehead atoms. The highest BCUT2D eigenvalue weighted by molar-refractivity contribution is 9.10. The van der Waals surface area contributed by atoms with Crippen LogP contribution in [0.25, 0.3) is 11.1 Å². The highest BCUT2D eigenvalue weighted by Crippen LogP contribution is 2.44. The fraction of sp³-hybridized carbons (Fsp3) is 0.438. The Labute approximate surface area is 210 Å². The third-order valence-corrected chi connectivity index (χ3v) is 8.20. The van der Waals surface area contributed by atoms with Gasteiger partial charge in [0.15, 0.2) is 0 Å². The molecule has 174 valence electrons. The third kappa shape index (κ3) is 5.62. The maximum Gasteiger partial charge on any atom is 0.0216 e. The highest BCUT2D eigenvalue weighted by Gasteiger charge is 2.26. The van der Waals surface area contributed by atoms with E-state index in [2.05, 4.69) is 90.4 Å². The van der Waals surface area contributed by atoms with Crippen molar-refractivity contribution in [3.8, 4) is 11.1 Å². The summed E-state index contributed by atoms with van der Waals surface area (Å²) in [6, 6.07) is 22.8. The summed E-state index contributed by atoms with van der Waals surface area (Å²) in [7, 11) is 0. The number of hydrogen-bond acceptors (Lipinski definition) is 0. The molecule has 33 heavy (non-hydrogen) atoms. The van der Waals surface area contributed by atoms with Crippen LogP contribution in [0, 0.1) is 0 Å². The molecule has 1 atom stereocenters. The summed E-state index contributed by atoms with van der Waals surface area (Å²) in [5.74, 6) is 0.464. The molecule has 0 spiro atoms. The van der Waals surface area contributed by atoms with Crippen LogP contribution in [0.5, 0.6) is 0 Å². The van der Waals surface area contributed by atoms with Crippen molar-refractivity contribution in [1.82, 2.24) is 0 Å². The first-order valence-corrected chi connectivity index (χ1v) is 14.0. The fourth-order valence-electron chi connectivity index (χ4n) is 5.75. The Bertz CT molecular complexity index is 1050. The Kier molecular flexibility index (Phi) is 8.84. The minimum absolute atomic E-state index is 0.464. The van der Waals surface area contributed by atoms with Crippen LogP contribution in [0.4, 0.5) is 0 Å². The van der Waals surface area contributed by atoms with Gasteiger partial charge in [0, 0.05) is 10.4 Å². The summed E-state index contributed by atoms with van der Waals surface area (Å²) < 4.78 is 1.29. The number of halogens is 1. The summed E-state index contributed by atoms with van der Waals surface area (Å²) in [6.45, 7) is 4.60. The topological polar surface area (TPSA) is 0 Å². The molecular weight excluding hydrogens is 464 g/mol. The highest BCUT2D eigenvalue weighted by atomic mass is 79.9. The van der Waals surface area contributed by atoms with Gasteiger partial charge in [-0.2, -0.15) is 0 Å². The molecular formula is C32H39Br. The second-order valence-electron chi connectivity index (χ2n) is 9.66. The number of aryl methyl sites for hydroxylation is 2. The number of benzene rings is 3. The van der Waals surface area contributed by atoms with Gasteiger partial charge in [0.05, 0.1) is 0 Å². The van der Waals surface area contributed by atoms with E-state index in [1.54, 1.807) is 16.7 Å². The molecule has 0 fully saturated rings. The van der Waals surface area contributed by atoms with E-state index in [9.17, 15) is 0 Å². The van der Waals surface area contributed by atoms with E-state index in [1.807, 2.05) is 0 Å². The summed E-state index contributed by atoms with van der Waals surface area (Å²) >= 11 is 4.01. The molecule has 0 aromatic heterocycles. The number of hydrogen-bond donors (Lipinski definition) is 0. The van der Waals surface area contributed by atoms with E-state index >= 15 is 0 Å². The molecule has 0 nitrogen and oxygen atoms in total. The van der Waals surface area contributed by atoms with Gasteiger partial charge in [-0.25, -0.2) is 0 Å². The number of rotatable bonds is 11. The zero-order valence-electron chi connectivity index (χ0n) is 20.5. The van der Waals surface area contributed by atoms with Crippen LogP contribution < -0.4 is 0 Å². The Hall–Kier alpha value is -1.86. The molecule has 1 aliphatic rings. The van der Waals surface area contributed by atoms with Gasteiger partial charge in [-0.05, 0) is 70.7 Å². The number of unbranched alkanes of at least 4 members (excludes halogenated alkanes) is 6. The predicted octanol–water partition coefficient (Wildman–Crippen LogP) is 10.0. The lowest BCUT2D eigenvalue weighted by molar-refractivity contribution is 0.556. The summed E-state index contributed by atoms with van der Waals surface area (Å²) in [5.41, 5.74) is 10.6. The molecule has 1 unspecified atom stereocenters. The Morgan fingerprint density at radius 2 is 1.45 bits per heavy atom. The summed E-state index contributed by atoms with van der Waals surface area (Å²) in [5, 5.41) is 0. The molecule has 0 amide bonds. The third-order valence-electron chi connectivity index (χ3n) is 7.51. The average Bonchev–Trinajstić information content (AvgIpc) is 2.86. The lowest BCUT2D eigenvalue weighted by atomic mass is 9.76. The second-order valence-corrected chi connectivity index (χ2v) is 10.5. The Morgan fingerprint density at radius 3 is 2.27 bits per heavy atom. The summed E-state index contributed by atoms with van der Waals surface area (Å²) in [6.07, 6.45) is 14.2. The smallest absolute Gasteiger partial charge is 0.0216 e. The normalized spacial score (nSPS) is 13.4. The van der Waals surface area contributed by atoms with Gasteiger partial charge in [0.25, 0.3) is 0 Å². The van der Waals surface area contributed by atoms with Crippen molar-refractivity contribution in [1.29, 1.82) is 0 Å². The van der Waals surface area contributed by atoms with E-state index in [4.69, 9.17) is 0 Å². The molecule has 0 saturated carbocycles. The predicted molar refractivity (Wildman–Crippen MR) is 147 cm³/mol. The van der Waals surface area contributed by atoms with Gasteiger partial charge < -0.3 is 0 Å². The van der Waals surface area contributed by atoms with Crippen LogP contribution >= 0.6 is 15.9 Å². The maximum absolute atomic E-state index is 4.01. The van der Waals surface area contributed by atoms with Crippen molar-refractivity contribution in [2.45, 2.75) is 90.4 Å². The molecule has 0 aliphatic heterocycles. The van der Waals surface area contributed by atoms with Crippen LogP contribution in [-0.2, 0) is 19.3 Å². The Morgan fingerprint density at radius 1 is 0.727 bits per heavy atom. The summed E-state index contributed by atoms with van der Waals surface area (Å²) in [4.78, 5) is 0. The van der Waals surface area contributed by atoms with Gasteiger partial charge in [0.2, 0.25) is 0 Å². The SMILES string of the molecule is CCCCCCCCCC(c1ccccc1CC)c1c(Br)ccc2c1CCc1ccccc1-2. The van der Waals surface area contributed by atoms with E-state index in [0.717, 1.165) is 19.3 Å². The molecule has 3 aromatic rings. The second kappa shape index (κ2) is 12.0. The molecule has 0 heterocycles.